The van der Waals surface area contributed by atoms with Gasteiger partial charge in [0.15, 0.2) is 0 Å². The highest BCUT2D eigenvalue weighted by Gasteiger charge is 2.24. The predicted molar refractivity (Wildman–Crippen MR) is 60.3 cm³/mol. The number of hydrogen-bond acceptors (Lipinski definition) is 2. The van der Waals surface area contributed by atoms with Crippen LogP contribution in [0.4, 0.5) is 15.8 Å². The molecule has 0 saturated heterocycles. The molecule has 2 N–H and O–H groups in total. The summed E-state index contributed by atoms with van der Waals surface area (Å²) in [4.78, 5) is 0. The van der Waals surface area contributed by atoms with Crippen molar-refractivity contribution in [2.75, 3.05) is 17.2 Å². The third kappa shape index (κ3) is 1.71. The van der Waals surface area contributed by atoms with Crippen LogP contribution in [0.2, 0.25) is 0 Å². The van der Waals surface area contributed by atoms with Crippen molar-refractivity contribution in [3.63, 3.8) is 0 Å². The van der Waals surface area contributed by atoms with Gasteiger partial charge in [-0.3, -0.25) is 0 Å². The third-order valence-corrected chi connectivity index (χ3v) is 2.86. The highest BCUT2D eigenvalue weighted by atomic mass is 79.9. The molecule has 0 atom stereocenters. The van der Waals surface area contributed by atoms with Crippen molar-refractivity contribution < 1.29 is 4.39 Å². The molecular formula is C10H12BrFN2. The van der Waals surface area contributed by atoms with Crippen molar-refractivity contribution in [1.29, 1.82) is 0 Å². The number of fused-ring (bicyclic) bond motifs is 1. The maximum Gasteiger partial charge on any atom is 0.139 e. The second kappa shape index (κ2) is 3.12. The van der Waals surface area contributed by atoms with Crippen molar-refractivity contribution in [1.82, 2.24) is 0 Å². The van der Waals surface area contributed by atoms with Crippen LogP contribution >= 0.6 is 15.9 Å². The van der Waals surface area contributed by atoms with Gasteiger partial charge >= 0.3 is 0 Å². The predicted octanol–water partition coefficient (Wildman–Crippen LogP) is 3.20. The third-order valence-electron chi connectivity index (χ3n) is 2.25. The number of hydrogen-bond donors (Lipinski definition) is 2. The molecule has 1 aromatic rings. The van der Waals surface area contributed by atoms with Crippen LogP contribution in [0.15, 0.2) is 16.6 Å². The summed E-state index contributed by atoms with van der Waals surface area (Å²) in [7, 11) is 0. The Kier molecular flexibility index (Phi) is 2.18. The summed E-state index contributed by atoms with van der Waals surface area (Å²) in [5, 5.41) is 6.54. The molecule has 0 bridgehead atoms. The lowest BCUT2D eigenvalue weighted by atomic mass is 10.0. The molecule has 1 aliphatic rings. The number of halogens is 2. The van der Waals surface area contributed by atoms with Gasteiger partial charge < -0.3 is 10.6 Å². The molecule has 2 rings (SSSR count). The van der Waals surface area contributed by atoms with E-state index in [1.54, 1.807) is 6.07 Å². The molecule has 0 fully saturated rings. The van der Waals surface area contributed by atoms with Gasteiger partial charge in [-0.05, 0) is 35.8 Å². The minimum Gasteiger partial charge on any atom is -0.381 e. The van der Waals surface area contributed by atoms with E-state index in [2.05, 4.69) is 40.4 Å². The highest BCUT2D eigenvalue weighted by Crippen LogP contribution is 2.33. The van der Waals surface area contributed by atoms with Crippen molar-refractivity contribution in [2.24, 2.45) is 0 Å². The van der Waals surface area contributed by atoms with Crippen molar-refractivity contribution in [3.8, 4) is 0 Å². The summed E-state index contributed by atoms with van der Waals surface area (Å²) in [6.07, 6.45) is 0. The van der Waals surface area contributed by atoms with Crippen LogP contribution < -0.4 is 10.6 Å². The maximum absolute atomic E-state index is 13.2. The lowest BCUT2D eigenvalue weighted by Gasteiger charge is -2.34. The summed E-state index contributed by atoms with van der Waals surface area (Å²) >= 11 is 3.16. The molecule has 0 saturated carbocycles. The van der Waals surface area contributed by atoms with E-state index in [0.29, 0.717) is 4.47 Å². The molecule has 0 amide bonds. The second-order valence-electron chi connectivity index (χ2n) is 4.17. The largest absolute Gasteiger partial charge is 0.381 e. The van der Waals surface area contributed by atoms with E-state index in [1.807, 2.05) is 0 Å². The molecule has 0 aliphatic carbocycles. The van der Waals surface area contributed by atoms with Crippen molar-refractivity contribution in [2.45, 2.75) is 19.4 Å². The van der Waals surface area contributed by atoms with Crippen LogP contribution in [0.25, 0.3) is 0 Å². The molecule has 0 unspecified atom stereocenters. The van der Waals surface area contributed by atoms with Crippen LogP contribution in [0.3, 0.4) is 0 Å². The average molecular weight is 259 g/mol. The van der Waals surface area contributed by atoms with Gasteiger partial charge in [0.25, 0.3) is 0 Å². The molecule has 1 heterocycles. The number of benzene rings is 1. The molecule has 14 heavy (non-hydrogen) atoms. The first kappa shape index (κ1) is 9.77. The minimum atomic E-state index is -0.240. The molecule has 0 spiro atoms. The summed E-state index contributed by atoms with van der Waals surface area (Å²) in [6.45, 7) is 4.98. The smallest absolute Gasteiger partial charge is 0.139 e. The summed E-state index contributed by atoms with van der Waals surface area (Å²) in [5.74, 6) is -0.240. The minimum absolute atomic E-state index is 0.0345. The molecule has 1 aromatic carbocycles. The Morgan fingerprint density at radius 3 is 2.79 bits per heavy atom. The zero-order valence-electron chi connectivity index (χ0n) is 8.12. The fraction of sp³-hybridized carbons (Fsp3) is 0.400. The van der Waals surface area contributed by atoms with Gasteiger partial charge in [-0.1, -0.05) is 0 Å². The number of nitrogens with one attached hydrogen (secondary N) is 2. The lowest BCUT2D eigenvalue weighted by molar-refractivity contribution is 0.583. The van der Waals surface area contributed by atoms with E-state index in [1.165, 1.54) is 6.07 Å². The van der Waals surface area contributed by atoms with Crippen LogP contribution in [0.5, 0.6) is 0 Å². The molecule has 4 heteroatoms. The van der Waals surface area contributed by atoms with Crippen LogP contribution in [-0.2, 0) is 0 Å². The Hall–Kier alpha value is -0.770. The fourth-order valence-corrected chi connectivity index (χ4v) is 1.86. The zero-order chi connectivity index (χ0) is 10.3. The Bertz CT molecular complexity index is 377. The number of anilines is 2. The van der Waals surface area contributed by atoms with Gasteiger partial charge in [0.1, 0.15) is 5.82 Å². The Morgan fingerprint density at radius 1 is 1.36 bits per heavy atom. The average Bonchev–Trinajstić information content (AvgIpc) is 2.07. The Morgan fingerprint density at radius 2 is 2.07 bits per heavy atom. The van der Waals surface area contributed by atoms with E-state index in [0.717, 1.165) is 17.9 Å². The summed E-state index contributed by atoms with van der Waals surface area (Å²) < 4.78 is 13.7. The van der Waals surface area contributed by atoms with Crippen LogP contribution in [-0.4, -0.2) is 12.1 Å². The molecular weight excluding hydrogens is 247 g/mol. The Labute approximate surface area is 91.0 Å². The molecule has 0 radical (unpaired) electrons. The van der Waals surface area contributed by atoms with Gasteiger partial charge in [0, 0.05) is 18.2 Å². The number of rotatable bonds is 0. The molecule has 76 valence electrons. The van der Waals surface area contributed by atoms with Gasteiger partial charge in [0.2, 0.25) is 0 Å². The quantitative estimate of drug-likeness (QED) is 0.747. The van der Waals surface area contributed by atoms with Gasteiger partial charge in [-0.2, -0.15) is 0 Å². The maximum atomic E-state index is 13.2. The van der Waals surface area contributed by atoms with E-state index in [-0.39, 0.29) is 11.4 Å². The Balaban J connectivity index is 2.43. The lowest BCUT2D eigenvalue weighted by Crippen LogP contribution is -2.42. The summed E-state index contributed by atoms with van der Waals surface area (Å²) in [6, 6.07) is 3.26. The fourth-order valence-electron chi connectivity index (χ4n) is 1.52. The molecule has 0 aromatic heterocycles. The van der Waals surface area contributed by atoms with Crippen molar-refractivity contribution >= 4 is 27.3 Å². The molecule has 1 aliphatic heterocycles. The van der Waals surface area contributed by atoms with Crippen LogP contribution in [0, 0.1) is 5.82 Å². The first-order valence-electron chi connectivity index (χ1n) is 4.49. The van der Waals surface area contributed by atoms with E-state index < -0.39 is 0 Å². The summed E-state index contributed by atoms with van der Waals surface area (Å²) in [5.41, 5.74) is 1.73. The molecule has 2 nitrogen and oxygen atoms in total. The topological polar surface area (TPSA) is 24.1 Å². The first-order chi connectivity index (χ1) is 6.48. The van der Waals surface area contributed by atoms with E-state index in [9.17, 15) is 4.39 Å². The first-order valence-corrected chi connectivity index (χ1v) is 5.28. The highest BCUT2D eigenvalue weighted by molar-refractivity contribution is 9.10. The normalized spacial score (nSPS) is 18.0. The van der Waals surface area contributed by atoms with Gasteiger partial charge in [-0.15, -0.1) is 0 Å². The SMILES string of the molecule is CC1(C)CNc2cc(Br)c(F)cc2N1. The van der Waals surface area contributed by atoms with Gasteiger partial charge in [0.05, 0.1) is 15.8 Å². The van der Waals surface area contributed by atoms with E-state index in [4.69, 9.17) is 0 Å². The zero-order valence-corrected chi connectivity index (χ0v) is 9.70. The monoisotopic (exact) mass is 258 g/mol. The van der Waals surface area contributed by atoms with Crippen LogP contribution in [0.1, 0.15) is 13.8 Å². The van der Waals surface area contributed by atoms with Gasteiger partial charge in [-0.25, -0.2) is 4.39 Å². The standard InChI is InChI=1S/C10H12BrFN2/c1-10(2)5-13-8-3-6(11)7(12)4-9(8)14-10/h3-4,13-14H,5H2,1-2H3. The second-order valence-corrected chi connectivity index (χ2v) is 5.03. The van der Waals surface area contributed by atoms with Crippen molar-refractivity contribution in [3.05, 3.63) is 22.4 Å². The van der Waals surface area contributed by atoms with E-state index >= 15 is 0 Å².